The van der Waals surface area contributed by atoms with Gasteiger partial charge < -0.3 is 9.64 Å². The minimum absolute atomic E-state index is 0.191. The van der Waals surface area contributed by atoms with E-state index in [0.717, 1.165) is 58.1 Å². The summed E-state index contributed by atoms with van der Waals surface area (Å²) in [5, 5.41) is 12.1. The van der Waals surface area contributed by atoms with E-state index in [0.29, 0.717) is 25.4 Å². The number of ether oxygens (including phenoxy) is 1. The maximum Gasteiger partial charge on any atom is 0.224 e. The smallest absolute Gasteiger partial charge is 0.224 e. The van der Waals surface area contributed by atoms with Gasteiger partial charge in [-0.25, -0.2) is 4.68 Å². The number of carbonyl (C=O) groups excluding carboxylic acids is 1. The Bertz CT molecular complexity index is 817. The van der Waals surface area contributed by atoms with E-state index in [1.807, 2.05) is 4.90 Å². The molecule has 1 atom stereocenters. The van der Waals surface area contributed by atoms with Gasteiger partial charge in [-0.05, 0) is 41.3 Å². The van der Waals surface area contributed by atoms with Crippen LogP contribution in [0.5, 0.6) is 0 Å². The van der Waals surface area contributed by atoms with Crippen LogP contribution in [0.3, 0.4) is 0 Å². The van der Waals surface area contributed by atoms with E-state index in [2.05, 4.69) is 51.6 Å². The number of morpholine rings is 1. The molecule has 0 spiro atoms. The molecule has 1 aromatic carbocycles. The van der Waals surface area contributed by atoms with Gasteiger partial charge in [-0.3, -0.25) is 9.69 Å². The largest absolute Gasteiger partial charge is 0.379 e. The molecule has 0 unspecified atom stereocenters. The Morgan fingerprint density at radius 1 is 1.21 bits per heavy atom. The molecule has 2 saturated heterocycles. The van der Waals surface area contributed by atoms with Crippen molar-refractivity contribution in [2.24, 2.45) is 0 Å². The number of piperidine rings is 1. The molecule has 4 rings (SSSR count). The second kappa shape index (κ2) is 9.45. The molecule has 2 aromatic rings. The molecule has 0 aliphatic carbocycles. The predicted molar refractivity (Wildman–Crippen MR) is 108 cm³/mol. The number of benzene rings is 1. The van der Waals surface area contributed by atoms with E-state index in [1.54, 1.807) is 4.68 Å². The van der Waals surface area contributed by atoms with Crippen LogP contribution >= 0.6 is 0 Å². The van der Waals surface area contributed by atoms with Crippen LogP contribution in [0.1, 0.15) is 42.1 Å². The van der Waals surface area contributed by atoms with Crippen molar-refractivity contribution in [2.45, 2.75) is 45.2 Å². The van der Waals surface area contributed by atoms with Crippen LogP contribution < -0.4 is 0 Å². The number of aromatic nitrogens is 4. The first-order valence-electron chi connectivity index (χ1n) is 10.6. The number of amides is 1. The summed E-state index contributed by atoms with van der Waals surface area (Å²) in [6.07, 6.45) is 2.63. The number of likely N-dealkylation sites (tertiary alicyclic amines) is 1. The summed E-state index contributed by atoms with van der Waals surface area (Å²) in [6, 6.07) is 8.53. The first-order chi connectivity index (χ1) is 14.2. The summed E-state index contributed by atoms with van der Waals surface area (Å²) in [6.45, 7) is 8.30. The normalized spacial score (nSPS) is 20.7. The summed E-state index contributed by atoms with van der Waals surface area (Å²) in [4.78, 5) is 17.2. The Morgan fingerprint density at radius 3 is 2.86 bits per heavy atom. The molecule has 0 saturated carbocycles. The van der Waals surface area contributed by atoms with Crippen LogP contribution in [0.4, 0.5) is 0 Å². The third-order valence-corrected chi connectivity index (χ3v) is 6.01. The van der Waals surface area contributed by atoms with E-state index in [4.69, 9.17) is 4.74 Å². The zero-order valence-corrected chi connectivity index (χ0v) is 17.2. The first-order valence-corrected chi connectivity index (χ1v) is 10.6. The van der Waals surface area contributed by atoms with Gasteiger partial charge in [0.1, 0.15) is 0 Å². The lowest BCUT2D eigenvalue weighted by Crippen LogP contribution is -2.39. The number of tetrazole rings is 1. The Balaban J connectivity index is 1.32. The molecule has 2 aliphatic heterocycles. The van der Waals surface area contributed by atoms with Crippen LogP contribution in [0.25, 0.3) is 0 Å². The Kier molecular flexibility index (Phi) is 6.51. The van der Waals surface area contributed by atoms with Gasteiger partial charge in [-0.1, -0.05) is 24.3 Å². The van der Waals surface area contributed by atoms with E-state index in [9.17, 15) is 4.79 Å². The van der Waals surface area contributed by atoms with Crippen molar-refractivity contribution < 1.29 is 9.53 Å². The summed E-state index contributed by atoms with van der Waals surface area (Å²) in [5.41, 5.74) is 2.69. The van der Waals surface area contributed by atoms with E-state index in [-0.39, 0.29) is 5.91 Å². The SMILES string of the molecule is Cc1ccccc1[C@@H]1CCCN(C(=O)CCn2nnnc2CN2CCOCC2)C1. The molecule has 156 valence electrons. The lowest BCUT2D eigenvalue weighted by molar-refractivity contribution is -0.132. The molecular formula is C21H30N6O2. The zero-order valence-electron chi connectivity index (χ0n) is 17.2. The van der Waals surface area contributed by atoms with Crippen molar-refractivity contribution in [1.82, 2.24) is 30.0 Å². The number of nitrogens with zero attached hydrogens (tertiary/aromatic N) is 6. The first kappa shape index (κ1) is 20.0. The van der Waals surface area contributed by atoms with Gasteiger partial charge >= 0.3 is 0 Å². The van der Waals surface area contributed by atoms with Crippen LogP contribution in [0.15, 0.2) is 24.3 Å². The highest BCUT2D eigenvalue weighted by Crippen LogP contribution is 2.29. The predicted octanol–water partition coefficient (Wildman–Crippen LogP) is 1.61. The summed E-state index contributed by atoms with van der Waals surface area (Å²) < 4.78 is 7.17. The second-order valence-corrected chi connectivity index (χ2v) is 7.99. The third-order valence-electron chi connectivity index (χ3n) is 6.01. The fourth-order valence-electron chi connectivity index (χ4n) is 4.33. The molecular weight excluding hydrogens is 368 g/mol. The monoisotopic (exact) mass is 398 g/mol. The third kappa shape index (κ3) is 5.00. The minimum atomic E-state index is 0.191. The van der Waals surface area contributed by atoms with Crippen molar-refractivity contribution in [3.8, 4) is 0 Å². The molecule has 8 nitrogen and oxygen atoms in total. The Morgan fingerprint density at radius 2 is 2.03 bits per heavy atom. The minimum Gasteiger partial charge on any atom is -0.379 e. The molecule has 29 heavy (non-hydrogen) atoms. The van der Waals surface area contributed by atoms with Crippen LogP contribution in [0, 0.1) is 6.92 Å². The number of carbonyl (C=O) groups is 1. The molecule has 1 amide bonds. The maximum atomic E-state index is 12.9. The number of hydrogen-bond acceptors (Lipinski definition) is 6. The van der Waals surface area contributed by atoms with Crippen molar-refractivity contribution >= 4 is 5.91 Å². The van der Waals surface area contributed by atoms with Crippen LogP contribution in [-0.2, 0) is 22.6 Å². The summed E-state index contributed by atoms with van der Waals surface area (Å²) in [7, 11) is 0. The van der Waals surface area contributed by atoms with Gasteiger partial charge in [0.05, 0.1) is 26.3 Å². The van der Waals surface area contributed by atoms with Crippen molar-refractivity contribution in [3.05, 3.63) is 41.2 Å². The van der Waals surface area contributed by atoms with Crippen LogP contribution in [-0.4, -0.2) is 75.3 Å². The average Bonchev–Trinajstić information content (AvgIpc) is 3.20. The van der Waals surface area contributed by atoms with Crippen LogP contribution in [0.2, 0.25) is 0 Å². The molecule has 3 heterocycles. The number of aryl methyl sites for hydroxylation is 2. The van der Waals surface area contributed by atoms with Gasteiger partial charge in [0.2, 0.25) is 5.91 Å². The summed E-state index contributed by atoms with van der Waals surface area (Å²) in [5.74, 6) is 1.44. The number of hydrogen-bond donors (Lipinski definition) is 0. The highest BCUT2D eigenvalue weighted by molar-refractivity contribution is 5.76. The quantitative estimate of drug-likeness (QED) is 0.736. The lowest BCUT2D eigenvalue weighted by Gasteiger charge is -2.33. The Labute approximate surface area is 171 Å². The molecule has 2 fully saturated rings. The second-order valence-electron chi connectivity index (χ2n) is 7.99. The van der Waals surface area contributed by atoms with Crippen molar-refractivity contribution in [2.75, 3.05) is 39.4 Å². The van der Waals surface area contributed by atoms with E-state index >= 15 is 0 Å². The molecule has 1 aromatic heterocycles. The molecule has 0 N–H and O–H groups in total. The Hall–Kier alpha value is -2.32. The maximum absolute atomic E-state index is 12.9. The average molecular weight is 399 g/mol. The molecule has 2 aliphatic rings. The lowest BCUT2D eigenvalue weighted by atomic mass is 9.88. The van der Waals surface area contributed by atoms with Gasteiger partial charge in [0.25, 0.3) is 0 Å². The van der Waals surface area contributed by atoms with E-state index in [1.165, 1.54) is 11.1 Å². The van der Waals surface area contributed by atoms with Gasteiger partial charge in [-0.15, -0.1) is 5.10 Å². The molecule has 0 bridgehead atoms. The molecule has 0 radical (unpaired) electrons. The molecule has 8 heteroatoms. The highest BCUT2D eigenvalue weighted by Gasteiger charge is 2.25. The topological polar surface area (TPSA) is 76.4 Å². The highest BCUT2D eigenvalue weighted by atomic mass is 16.5. The van der Waals surface area contributed by atoms with Gasteiger partial charge in [-0.2, -0.15) is 0 Å². The van der Waals surface area contributed by atoms with Crippen molar-refractivity contribution in [3.63, 3.8) is 0 Å². The zero-order chi connectivity index (χ0) is 20.1. The van der Waals surface area contributed by atoms with Gasteiger partial charge in [0, 0.05) is 38.5 Å². The number of rotatable bonds is 6. The summed E-state index contributed by atoms with van der Waals surface area (Å²) >= 11 is 0. The fourth-order valence-corrected chi connectivity index (χ4v) is 4.33. The fraction of sp³-hybridized carbons (Fsp3) is 0.619. The van der Waals surface area contributed by atoms with Crippen molar-refractivity contribution in [1.29, 1.82) is 0 Å². The van der Waals surface area contributed by atoms with Gasteiger partial charge in [0.15, 0.2) is 5.82 Å². The standard InChI is InChI=1S/C21H30N6O2/c1-17-5-2-3-7-19(17)18-6-4-9-26(15-18)21(28)8-10-27-20(22-23-24-27)16-25-11-13-29-14-12-25/h2-3,5,7,18H,4,6,8-16H2,1H3/t18-/m1/s1. The van der Waals surface area contributed by atoms with E-state index < -0.39 is 0 Å².